The molecule has 2 aromatic carbocycles. The molecule has 0 aliphatic heterocycles. The first-order chi connectivity index (χ1) is 11.9. The van der Waals surface area contributed by atoms with Crippen LogP contribution in [-0.2, 0) is 20.8 Å². The van der Waals surface area contributed by atoms with Gasteiger partial charge in [-0.25, -0.2) is 0 Å². The van der Waals surface area contributed by atoms with Crippen molar-refractivity contribution < 1.29 is 17.5 Å². The van der Waals surface area contributed by atoms with Gasteiger partial charge in [0.2, 0.25) is 0 Å². The van der Waals surface area contributed by atoms with Gasteiger partial charge in [-0.1, -0.05) is 35.0 Å². The summed E-state index contributed by atoms with van der Waals surface area (Å²) in [7, 11) is -3.94. The lowest BCUT2D eigenvalue weighted by Crippen LogP contribution is -2.14. The van der Waals surface area contributed by atoms with Crippen molar-refractivity contribution >= 4 is 21.6 Å². The number of fused-ring (bicyclic) bond motifs is 1. The third-order valence-corrected chi connectivity index (χ3v) is 5.36. The minimum absolute atomic E-state index is 0.00469. The first kappa shape index (κ1) is 17.4. The molecule has 0 bridgehead atoms. The molecule has 0 saturated heterocycles. The fourth-order valence-corrected chi connectivity index (χ4v) is 3.56. The highest BCUT2D eigenvalue weighted by atomic mass is 32.2. The Morgan fingerprint density at radius 3 is 2.48 bits per heavy atom. The fraction of sp³-hybridized carbons (Fsp3) is 0.263. The fourth-order valence-electron chi connectivity index (χ4n) is 2.82. The molecule has 25 heavy (non-hydrogen) atoms. The van der Waals surface area contributed by atoms with Crippen molar-refractivity contribution in [3.63, 3.8) is 0 Å². The number of carbonyl (C=O) groups excluding carboxylic acids is 1. The normalized spacial score (nSPS) is 15.7. The first-order valence-corrected chi connectivity index (χ1v) is 9.49. The third-order valence-electron chi connectivity index (χ3n) is 4.24. The van der Waals surface area contributed by atoms with E-state index in [-0.39, 0.29) is 10.7 Å². The van der Waals surface area contributed by atoms with Crippen molar-refractivity contribution in [3.05, 3.63) is 64.7 Å². The molecule has 6 heteroatoms. The highest BCUT2D eigenvalue weighted by Crippen LogP contribution is 2.24. The maximum Gasteiger partial charge on any atom is 0.358 e. The second-order valence-electron chi connectivity index (χ2n) is 6.16. The van der Waals surface area contributed by atoms with Gasteiger partial charge in [0.05, 0.1) is 5.71 Å². The third kappa shape index (κ3) is 3.79. The summed E-state index contributed by atoms with van der Waals surface area (Å²) in [5, 5.41) is 3.91. The van der Waals surface area contributed by atoms with Gasteiger partial charge in [0, 0.05) is 11.1 Å². The molecule has 2 aromatic rings. The lowest BCUT2D eigenvalue weighted by atomic mass is 9.88. The summed E-state index contributed by atoms with van der Waals surface area (Å²) < 4.78 is 29.5. The number of oxime groups is 1. The molecular formula is C19H19NO4S. The molecule has 0 heterocycles. The van der Waals surface area contributed by atoms with Crippen LogP contribution in [0.15, 0.2) is 52.5 Å². The minimum Gasteiger partial charge on any atom is -0.295 e. The van der Waals surface area contributed by atoms with Crippen LogP contribution < -0.4 is 0 Å². The Kier molecular flexibility index (Phi) is 4.72. The summed E-state index contributed by atoms with van der Waals surface area (Å²) >= 11 is 0. The zero-order chi connectivity index (χ0) is 18.0. The number of hydrogen-bond acceptors (Lipinski definition) is 5. The van der Waals surface area contributed by atoms with Crippen molar-refractivity contribution in [3.8, 4) is 0 Å². The molecule has 130 valence electrons. The Morgan fingerprint density at radius 2 is 1.80 bits per heavy atom. The van der Waals surface area contributed by atoms with Gasteiger partial charge in [-0.05, 0) is 56.9 Å². The molecule has 0 atom stereocenters. The quantitative estimate of drug-likeness (QED) is 0.618. The molecule has 0 aromatic heterocycles. The average Bonchev–Trinajstić information content (AvgIpc) is 2.59. The molecule has 0 radical (unpaired) electrons. The number of Topliss-reactive ketones (excluding diaryl/α,β-unsaturated/α-hetero) is 1. The molecule has 0 saturated carbocycles. The molecule has 1 aliphatic carbocycles. The van der Waals surface area contributed by atoms with E-state index in [1.54, 1.807) is 18.2 Å². The van der Waals surface area contributed by atoms with E-state index in [1.807, 2.05) is 19.1 Å². The van der Waals surface area contributed by atoms with Gasteiger partial charge in [-0.15, -0.1) is 0 Å². The summed E-state index contributed by atoms with van der Waals surface area (Å²) in [6.45, 7) is 3.41. The maximum absolute atomic E-state index is 12.3. The number of carbonyl (C=O) groups is 1. The Balaban J connectivity index is 1.88. The van der Waals surface area contributed by atoms with E-state index >= 15 is 0 Å². The van der Waals surface area contributed by atoms with Crippen molar-refractivity contribution in [2.24, 2.45) is 5.16 Å². The average molecular weight is 357 g/mol. The molecule has 0 amide bonds. The maximum atomic E-state index is 12.3. The number of benzene rings is 2. The summed E-state index contributed by atoms with van der Waals surface area (Å²) in [5.74, 6) is 0.00469. The van der Waals surface area contributed by atoms with Gasteiger partial charge in [0.15, 0.2) is 5.78 Å². The molecule has 1 aliphatic rings. The van der Waals surface area contributed by atoms with Crippen LogP contribution in [0.5, 0.6) is 0 Å². The van der Waals surface area contributed by atoms with E-state index in [1.165, 1.54) is 19.1 Å². The smallest absolute Gasteiger partial charge is 0.295 e. The van der Waals surface area contributed by atoms with Crippen LogP contribution >= 0.6 is 0 Å². The van der Waals surface area contributed by atoms with Gasteiger partial charge in [0.25, 0.3) is 0 Å². The molecule has 3 rings (SSSR count). The first-order valence-electron chi connectivity index (χ1n) is 8.08. The Morgan fingerprint density at radius 1 is 1.08 bits per heavy atom. The van der Waals surface area contributed by atoms with Crippen molar-refractivity contribution in [1.29, 1.82) is 0 Å². The van der Waals surface area contributed by atoms with Gasteiger partial charge in [-0.2, -0.15) is 8.42 Å². The van der Waals surface area contributed by atoms with Crippen LogP contribution in [0.25, 0.3) is 0 Å². The minimum atomic E-state index is -3.94. The molecular weight excluding hydrogens is 338 g/mol. The van der Waals surface area contributed by atoms with Crippen molar-refractivity contribution in [1.82, 2.24) is 0 Å². The monoisotopic (exact) mass is 357 g/mol. The predicted molar refractivity (Wildman–Crippen MR) is 95.4 cm³/mol. The number of nitrogens with zero attached hydrogens (tertiary/aromatic N) is 1. The zero-order valence-electron chi connectivity index (χ0n) is 14.2. The molecule has 0 N–H and O–H groups in total. The Labute approximate surface area is 147 Å². The summed E-state index contributed by atoms with van der Waals surface area (Å²) in [6, 6.07) is 11.8. The van der Waals surface area contributed by atoms with E-state index in [0.29, 0.717) is 17.7 Å². The van der Waals surface area contributed by atoms with Crippen LogP contribution in [0.2, 0.25) is 0 Å². The van der Waals surface area contributed by atoms with Crippen LogP contribution in [0.1, 0.15) is 46.8 Å². The van der Waals surface area contributed by atoms with Gasteiger partial charge >= 0.3 is 10.1 Å². The lowest BCUT2D eigenvalue weighted by Gasteiger charge is -2.18. The number of hydrogen-bond donors (Lipinski definition) is 0. The number of ketones is 1. The Bertz CT molecular complexity index is 944. The second-order valence-corrected chi connectivity index (χ2v) is 7.69. The van der Waals surface area contributed by atoms with Gasteiger partial charge in [0.1, 0.15) is 4.90 Å². The molecule has 0 spiro atoms. The molecule has 0 fully saturated rings. The molecule has 5 nitrogen and oxygen atoms in total. The largest absolute Gasteiger partial charge is 0.358 e. The van der Waals surface area contributed by atoms with Crippen LogP contribution in [-0.4, -0.2) is 19.9 Å². The van der Waals surface area contributed by atoms with E-state index in [2.05, 4.69) is 5.16 Å². The SMILES string of the molecule is CC(=O)c1ccc2c(c1)CCCC2=NOS(=O)(=O)c1ccc(C)cc1. The predicted octanol–water partition coefficient (Wildman–Crippen LogP) is 3.64. The topological polar surface area (TPSA) is 72.8 Å². The number of rotatable bonds is 4. The second kappa shape index (κ2) is 6.80. The van der Waals surface area contributed by atoms with Crippen LogP contribution in [0, 0.1) is 6.92 Å². The summed E-state index contributed by atoms with van der Waals surface area (Å²) in [6.07, 6.45) is 2.30. The van der Waals surface area contributed by atoms with E-state index in [4.69, 9.17) is 4.28 Å². The van der Waals surface area contributed by atoms with Gasteiger partial charge in [-0.3, -0.25) is 9.08 Å². The molecule has 0 unspecified atom stereocenters. The summed E-state index contributed by atoms with van der Waals surface area (Å²) in [4.78, 5) is 11.6. The van der Waals surface area contributed by atoms with E-state index < -0.39 is 10.1 Å². The lowest BCUT2D eigenvalue weighted by molar-refractivity contribution is 0.101. The summed E-state index contributed by atoms with van der Waals surface area (Å²) in [5.41, 5.74) is 4.04. The van der Waals surface area contributed by atoms with E-state index in [0.717, 1.165) is 29.5 Å². The van der Waals surface area contributed by atoms with Crippen molar-refractivity contribution in [2.75, 3.05) is 0 Å². The number of aryl methyl sites for hydroxylation is 2. The van der Waals surface area contributed by atoms with Gasteiger partial charge < -0.3 is 0 Å². The zero-order valence-corrected chi connectivity index (χ0v) is 15.0. The highest BCUT2D eigenvalue weighted by molar-refractivity contribution is 7.86. The van der Waals surface area contributed by atoms with Crippen LogP contribution in [0.3, 0.4) is 0 Å². The standard InChI is InChI=1S/C19H19NO4S/c1-13-6-9-17(10-7-13)25(22,23)24-20-19-5-3-4-16-12-15(14(2)21)8-11-18(16)19/h6-12H,3-5H2,1-2H3. The van der Waals surface area contributed by atoms with Crippen LogP contribution in [0.4, 0.5) is 0 Å². The Hall–Kier alpha value is -2.47. The highest BCUT2D eigenvalue weighted by Gasteiger charge is 2.20. The van der Waals surface area contributed by atoms with Crippen molar-refractivity contribution in [2.45, 2.75) is 38.0 Å². The van der Waals surface area contributed by atoms with E-state index in [9.17, 15) is 13.2 Å².